The molecule has 3 aliphatic heterocycles. The van der Waals surface area contributed by atoms with Crippen molar-refractivity contribution in [2.75, 3.05) is 50.7 Å². The van der Waals surface area contributed by atoms with Crippen molar-refractivity contribution in [2.45, 2.75) is 50.5 Å². The zero-order valence-electron chi connectivity index (χ0n) is 22.6. The van der Waals surface area contributed by atoms with Gasteiger partial charge in [-0.1, -0.05) is 37.1 Å². The summed E-state index contributed by atoms with van der Waals surface area (Å²) in [7, 11) is 0. The van der Waals surface area contributed by atoms with Crippen LogP contribution in [0.3, 0.4) is 0 Å². The topological polar surface area (TPSA) is 81.1 Å². The Morgan fingerprint density at radius 1 is 0.949 bits per heavy atom. The number of anilines is 1. The standard InChI is InChI=1S/C31H38N6O2/c38-29(25-7-8-25)36-16-10-22(20-36)21-37-28(34-31(30(37)39)11-1-2-12-31)24-5-3-23(4-6-24)26-9-13-33-27(19-26)35-17-14-32-15-18-35/h3-6,9,13,19,22,25,32H,1-2,7-8,10-12,14-18,20-21H2. The number of pyridine rings is 1. The highest BCUT2D eigenvalue weighted by molar-refractivity contribution is 6.15. The van der Waals surface area contributed by atoms with E-state index in [9.17, 15) is 9.59 Å². The normalized spacial score (nSPS) is 24.6. The lowest BCUT2D eigenvalue weighted by atomic mass is 9.97. The molecule has 2 saturated heterocycles. The third-order valence-electron chi connectivity index (χ3n) is 9.28. The van der Waals surface area contributed by atoms with Gasteiger partial charge < -0.3 is 15.1 Å². The van der Waals surface area contributed by atoms with Crippen LogP contribution in [-0.2, 0) is 9.59 Å². The smallest absolute Gasteiger partial charge is 0.256 e. The minimum Gasteiger partial charge on any atom is -0.354 e. The zero-order chi connectivity index (χ0) is 26.4. The first-order chi connectivity index (χ1) is 19.1. The van der Waals surface area contributed by atoms with Crippen molar-refractivity contribution >= 4 is 23.5 Å². The van der Waals surface area contributed by atoms with Gasteiger partial charge in [0.1, 0.15) is 17.2 Å². The van der Waals surface area contributed by atoms with Gasteiger partial charge >= 0.3 is 0 Å². The molecule has 1 atom stereocenters. The van der Waals surface area contributed by atoms with Crippen LogP contribution in [-0.4, -0.2) is 83.8 Å². The number of aliphatic imine (C=N–C) groups is 1. The number of amides is 2. The number of nitrogens with one attached hydrogen (secondary N) is 1. The highest BCUT2D eigenvalue weighted by Crippen LogP contribution is 2.41. The molecule has 0 radical (unpaired) electrons. The van der Waals surface area contributed by atoms with Crippen LogP contribution < -0.4 is 10.2 Å². The summed E-state index contributed by atoms with van der Waals surface area (Å²) in [5, 5.41) is 3.40. The predicted molar refractivity (Wildman–Crippen MR) is 152 cm³/mol. The molecular formula is C31H38N6O2. The first-order valence-corrected chi connectivity index (χ1v) is 14.8. The minimum absolute atomic E-state index is 0.167. The number of piperazine rings is 1. The second-order valence-electron chi connectivity index (χ2n) is 12.0. The maximum Gasteiger partial charge on any atom is 0.256 e. The van der Waals surface area contributed by atoms with Gasteiger partial charge in [-0.25, -0.2) is 4.98 Å². The lowest BCUT2D eigenvalue weighted by molar-refractivity contribution is -0.131. The molecule has 4 fully saturated rings. The Hall–Kier alpha value is -3.26. The van der Waals surface area contributed by atoms with Crippen LogP contribution in [0.4, 0.5) is 5.82 Å². The molecule has 1 spiro atoms. The Labute approximate surface area is 230 Å². The first kappa shape index (κ1) is 24.8. The van der Waals surface area contributed by atoms with Crippen LogP contribution in [0.1, 0.15) is 50.5 Å². The molecule has 2 aromatic rings. The molecule has 1 N–H and O–H groups in total. The number of carbonyl (C=O) groups is 2. The van der Waals surface area contributed by atoms with E-state index in [1.807, 2.05) is 16.0 Å². The molecule has 1 aromatic heterocycles. The fourth-order valence-electron chi connectivity index (χ4n) is 6.84. The van der Waals surface area contributed by atoms with Crippen LogP contribution in [0.2, 0.25) is 0 Å². The lowest BCUT2D eigenvalue weighted by Gasteiger charge is -2.28. The van der Waals surface area contributed by atoms with Crippen molar-refractivity contribution in [3.8, 4) is 11.1 Å². The SMILES string of the molecule is O=C(C1CC1)N1CCC(CN2C(=O)C3(CCCC3)N=C2c2ccc(-c3ccnc(N4CCNCC4)c3)cc2)C1. The summed E-state index contributed by atoms with van der Waals surface area (Å²) in [6.07, 6.45) is 8.72. The van der Waals surface area contributed by atoms with E-state index in [0.717, 1.165) is 113 Å². The number of rotatable bonds is 6. The Balaban J connectivity index is 1.11. The van der Waals surface area contributed by atoms with Crippen molar-refractivity contribution in [3.05, 3.63) is 48.2 Å². The van der Waals surface area contributed by atoms with Gasteiger partial charge in [-0.2, -0.15) is 0 Å². The van der Waals surface area contributed by atoms with E-state index in [0.29, 0.717) is 18.4 Å². The van der Waals surface area contributed by atoms with Crippen LogP contribution >= 0.6 is 0 Å². The minimum atomic E-state index is -0.584. The van der Waals surface area contributed by atoms with Crippen molar-refractivity contribution in [3.63, 3.8) is 0 Å². The Morgan fingerprint density at radius 3 is 2.44 bits per heavy atom. The molecule has 2 aliphatic carbocycles. The highest BCUT2D eigenvalue weighted by atomic mass is 16.2. The molecule has 8 nitrogen and oxygen atoms in total. The summed E-state index contributed by atoms with van der Waals surface area (Å²) in [6.45, 7) is 6.12. The van der Waals surface area contributed by atoms with Gasteiger partial charge in [0.15, 0.2) is 0 Å². The molecule has 204 valence electrons. The molecule has 7 rings (SSSR count). The maximum atomic E-state index is 13.8. The van der Waals surface area contributed by atoms with Crippen molar-refractivity contribution in [1.82, 2.24) is 20.1 Å². The van der Waals surface area contributed by atoms with Crippen LogP contribution in [0.25, 0.3) is 11.1 Å². The third-order valence-corrected chi connectivity index (χ3v) is 9.28. The summed E-state index contributed by atoms with van der Waals surface area (Å²) >= 11 is 0. The summed E-state index contributed by atoms with van der Waals surface area (Å²) in [6, 6.07) is 12.7. The maximum absolute atomic E-state index is 13.8. The number of hydrogen-bond acceptors (Lipinski definition) is 6. The second-order valence-corrected chi connectivity index (χ2v) is 12.0. The van der Waals surface area contributed by atoms with E-state index < -0.39 is 5.54 Å². The number of amidine groups is 1. The number of likely N-dealkylation sites (tertiary alicyclic amines) is 1. The van der Waals surface area contributed by atoms with E-state index in [1.165, 1.54) is 0 Å². The molecule has 5 aliphatic rings. The summed E-state index contributed by atoms with van der Waals surface area (Å²) in [4.78, 5) is 42.5. The molecule has 4 heterocycles. The molecule has 2 saturated carbocycles. The molecule has 2 amide bonds. The second kappa shape index (κ2) is 10.0. The van der Waals surface area contributed by atoms with E-state index in [1.54, 1.807) is 0 Å². The molecule has 1 unspecified atom stereocenters. The number of carbonyl (C=O) groups excluding carboxylic acids is 2. The average Bonchev–Trinajstić information content (AvgIpc) is 3.43. The predicted octanol–water partition coefficient (Wildman–Crippen LogP) is 3.32. The van der Waals surface area contributed by atoms with Gasteiger partial charge in [0.2, 0.25) is 5.91 Å². The monoisotopic (exact) mass is 526 g/mol. The Morgan fingerprint density at radius 2 is 1.69 bits per heavy atom. The average molecular weight is 527 g/mol. The molecule has 39 heavy (non-hydrogen) atoms. The van der Waals surface area contributed by atoms with Crippen molar-refractivity contribution in [2.24, 2.45) is 16.8 Å². The summed E-state index contributed by atoms with van der Waals surface area (Å²) in [5.41, 5.74) is 2.69. The van der Waals surface area contributed by atoms with Crippen LogP contribution in [0.15, 0.2) is 47.6 Å². The summed E-state index contributed by atoms with van der Waals surface area (Å²) in [5.74, 6) is 2.88. The van der Waals surface area contributed by atoms with Crippen LogP contribution in [0.5, 0.6) is 0 Å². The summed E-state index contributed by atoms with van der Waals surface area (Å²) < 4.78 is 0. The number of nitrogens with zero attached hydrogens (tertiary/aromatic N) is 5. The van der Waals surface area contributed by atoms with Crippen LogP contribution in [0, 0.1) is 11.8 Å². The number of aromatic nitrogens is 1. The fourth-order valence-corrected chi connectivity index (χ4v) is 6.84. The lowest BCUT2D eigenvalue weighted by Crippen LogP contribution is -2.44. The fraction of sp³-hybridized carbons (Fsp3) is 0.548. The number of benzene rings is 1. The van der Waals surface area contributed by atoms with Gasteiger partial charge in [0.05, 0.1) is 0 Å². The quantitative estimate of drug-likeness (QED) is 0.625. The van der Waals surface area contributed by atoms with Gasteiger partial charge in [0.25, 0.3) is 5.91 Å². The van der Waals surface area contributed by atoms with Crippen molar-refractivity contribution < 1.29 is 9.59 Å². The first-order valence-electron chi connectivity index (χ1n) is 14.8. The third kappa shape index (κ3) is 4.73. The number of hydrogen-bond donors (Lipinski definition) is 1. The molecular weight excluding hydrogens is 488 g/mol. The van der Waals surface area contributed by atoms with E-state index in [-0.39, 0.29) is 11.8 Å². The zero-order valence-corrected chi connectivity index (χ0v) is 22.6. The molecule has 1 aromatic carbocycles. The molecule has 0 bridgehead atoms. The van der Waals surface area contributed by atoms with E-state index in [2.05, 4.69) is 51.6 Å². The Kier molecular flexibility index (Phi) is 6.38. The Bertz CT molecular complexity index is 1270. The van der Waals surface area contributed by atoms with Gasteiger partial charge in [-0.15, -0.1) is 0 Å². The largest absolute Gasteiger partial charge is 0.354 e. The van der Waals surface area contributed by atoms with Gasteiger partial charge in [0, 0.05) is 63.5 Å². The van der Waals surface area contributed by atoms with Crippen molar-refractivity contribution in [1.29, 1.82) is 0 Å². The van der Waals surface area contributed by atoms with E-state index >= 15 is 0 Å². The van der Waals surface area contributed by atoms with E-state index in [4.69, 9.17) is 4.99 Å². The highest BCUT2D eigenvalue weighted by Gasteiger charge is 2.50. The van der Waals surface area contributed by atoms with Gasteiger partial charge in [-0.05, 0) is 61.3 Å². The molecule has 8 heteroatoms. The van der Waals surface area contributed by atoms with Gasteiger partial charge in [-0.3, -0.25) is 19.5 Å².